The third-order valence-corrected chi connectivity index (χ3v) is 2.64. The lowest BCUT2D eigenvalue weighted by Gasteiger charge is -2.16. The Hall–Kier alpha value is -2.50. The maximum Gasteiger partial charge on any atom is 0.353 e. The number of methoxy groups -OCH3 is 1. The molecule has 0 aliphatic carbocycles. The minimum atomic E-state index is -1.06. The lowest BCUT2D eigenvalue weighted by molar-refractivity contribution is 0.0690. The van der Waals surface area contributed by atoms with Crippen LogP contribution < -0.4 is 9.47 Å². The zero-order valence-electron chi connectivity index (χ0n) is 11.5. The average Bonchev–Trinajstić information content (AvgIpc) is 2.88. The molecule has 2 N–H and O–H groups in total. The Kier molecular flexibility index (Phi) is 3.93. The van der Waals surface area contributed by atoms with Crippen molar-refractivity contribution in [3.8, 4) is 22.8 Å². The van der Waals surface area contributed by atoms with Gasteiger partial charge in [0, 0.05) is 5.56 Å². The van der Waals surface area contributed by atoms with Crippen molar-refractivity contribution in [1.29, 1.82) is 0 Å². The highest BCUT2D eigenvalue weighted by Gasteiger charge is 2.17. The molecule has 0 bridgehead atoms. The molecule has 6 heteroatoms. The molecule has 1 aromatic heterocycles. The fourth-order valence-corrected chi connectivity index (χ4v) is 1.80. The van der Waals surface area contributed by atoms with Gasteiger partial charge in [0.1, 0.15) is 5.69 Å². The van der Waals surface area contributed by atoms with Crippen molar-refractivity contribution in [3.63, 3.8) is 0 Å². The number of ether oxygens (including phenoxy) is 2. The summed E-state index contributed by atoms with van der Waals surface area (Å²) in [5.74, 6) is 0.0717. The maximum absolute atomic E-state index is 10.9. The van der Waals surface area contributed by atoms with Crippen molar-refractivity contribution in [2.75, 3.05) is 7.11 Å². The number of nitrogens with zero attached hydrogens (tertiary/aromatic N) is 1. The smallest absolute Gasteiger partial charge is 0.353 e. The first-order valence-electron chi connectivity index (χ1n) is 6.15. The first-order valence-corrected chi connectivity index (χ1v) is 6.15. The van der Waals surface area contributed by atoms with E-state index in [4.69, 9.17) is 14.6 Å². The predicted octanol–water partition coefficient (Wildman–Crippen LogP) is 2.57. The van der Waals surface area contributed by atoms with E-state index in [0.717, 1.165) is 0 Å². The normalized spacial score (nSPS) is 10.6. The molecule has 0 saturated heterocycles. The molecule has 0 aliphatic heterocycles. The van der Waals surface area contributed by atoms with Crippen LogP contribution in [0.15, 0.2) is 24.3 Å². The molecule has 6 nitrogen and oxygen atoms in total. The molecule has 1 aromatic carbocycles. The molecule has 0 atom stereocenters. The second-order valence-electron chi connectivity index (χ2n) is 4.48. The first kappa shape index (κ1) is 13.9. The topological polar surface area (TPSA) is 84.4 Å². The number of aromatic amines is 1. The monoisotopic (exact) mass is 276 g/mol. The van der Waals surface area contributed by atoms with Gasteiger partial charge in [0.05, 0.1) is 18.9 Å². The van der Waals surface area contributed by atoms with Crippen LogP contribution in [0.5, 0.6) is 11.5 Å². The molecule has 2 aromatic rings. The van der Waals surface area contributed by atoms with E-state index in [-0.39, 0.29) is 11.8 Å². The van der Waals surface area contributed by atoms with Crippen molar-refractivity contribution < 1.29 is 19.4 Å². The quantitative estimate of drug-likeness (QED) is 0.876. The third kappa shape index (κ3) is 2.74. The van der Waals surface area contributed by atoms with E-state index in [1.165, 1.54) is 6.07 Å². The van der Waals surface area contributed by atoms with Crippen LogP contribution in [0, 0.1) is 0 Å². The number of aromatic carboxylic acids is 1. The summed E-state index contributed by atoms with van der Waals surface area (Å²) < 4.78 is 11.0. The largest absolute Gasteiger partial charge is 0.493 e. The summed E-state index contributed by atoms with van der Waals surface area (Å²) in [4.78, 5) is 10.9. The van der Waals surface area contributed by atoms with E-state index in [0.29, 0.717) is 22.8 Å². The molecule has 0 aliphatic rings. The van der Waals surface area contributed by atoms with E-state index in [1.807, 2.05) is 19.9 Å². The van der Waals surface area contributed by atoms with Gasteiger partial charge in [0.2, 0.25) is 0 Å². The van der Waals surface area contributed by atoms with Crippen molar-refractivity contribution in [3.05, 3.63) is 30.0 Å². The van der Waals surface area contributed by atoms with E-state index in [9.17, 15) is 4.79 Å². The maximum atomic E-state index is 10.9. The van der Waals surface area contributed by atoms with Crippen LogP contribution >= 0.6 is 0 Å². The number of rotatable bonds is 5. The molecular formula is C14H16N2O4. The standard InChI is InChI=1S/C14H16N2O4/c1-8(2)20-13-9(5-4-6-12(13)19-3)10-7-11(14(17)18)16-15-10/h4-8H,1-3H3,(H,15,16)(H,17,18). The van der Waals surface area contributed by atoms with Gasteiger partial charge in [0.25, 0.3) is 0 Å². The van der Waals surface area contributed by atoms with Crippen LogP contribution in [-0.4, -0.2) is 34.5 Å². The molecule has 0 fully saturated rings. The number of carboxylic acids is 1. The predicted molar refractivity (Wildman–Crippen MR) is 73.3 cm³/mol. The van der Waals surface area contributed by atoms with Gasteiger partial charge in [-0.05, 0) is 32.0 Å². The summed E-state index contributed by atoms with van der Waals surface area (Å²) >= 11 is 0. The van der Waals surface area contributed by atoms with E-state index in [1.54, 1.807) is 19.2 Å². The first-order chi connectivity index (χ1) is 9.52. The minimum Gasteiger partial charge on any atom is -0.493 e. The highest BCUT2D eigenvalue weighted by molar-refractivity contribution is 5.87. The van der Waals surface area contributed by atoms with Crippen molar-refractivity contribution in [2.24, 2.45) is 0 Å². The molecule has 0 unspecified atom stereocenters. The van der Waals surface area contributed by atoms with Crippen LogP contribution in [0.2, 0.25) is 0 Å². The fraction of sp³-hybridized carbons (Fsp3) is 0.286. The lowest BCUT2D eigenvalue weighted by Crippen LogP contribution is -2.07. The average molecular weight is 276 g/mol. The van der Waals surface area contributed by atoms with Crippen LogP contribution in [0.1, 0.15) is 24.3 Å². The highest BCUT2D eigenvalue weighted by Crippen LogP contribution is 2.38. The van der Waals surface area contributed by atoms with Crippen LogP contribution in [0.3, 0.4) is 0 Å². The van der Waals surface area contributed by atoms with Gasteiger partial charge >= 0.3 is 5.97 Å². The van der Waals surface area contributed by atoms with E-state index in [2.05, 4.69) is 10.2 Å². The summed E-state index contributed by atoms with van der Waals surface area (Å²) in [6.07, 6.45) is -0.0389. The van der Waals surface area contributed by atoms with Gasteiger partial charge in [-0.1, -0.05) is 6.07 Å². The molecular weight excluding hydrogens is 260 g/mol. The number of benzene rings is 1. The molecule has 0 spiro atoms. The van der Waals surface area contributed by atoms with Crippen LogP contribution in [0.4, 0.5) is 0 Å². The van der Waals surface area contributed by atoms with Crippen molar-refractivity contribution in [2.45, 2.75) is 20.0 Å². The summed E-state index contributed by atoms with van der Waals surface area (Å²) in [6.45, 7) is 3.81. The second-order valence-corrected chi connectivity index (χ2v) is 4.48. The summed E-state index contributed by atoms with van der Waals surface area (Å²) in [5.41, 5.74) is 1.21. The number of carboxylic acid groups (broad SMARTS) is 1. The molecule has 0 radical (unpaired) electrons. The Balaban J connectivity index is 2.51. The van der Waals surface area contributed by atoms with Gasteiger partial charge in [-0.15, -0.1) is 0 Å². The Morgan fingerprint density at radius 3 is 2.70 bits per heavy atom. The number of hydrogen-bond acceptors (Lipinski definition) is 4. The van der Waals surface area contributed by atoms with E-state index < -0.39 is 5.97 Å². The zero-order valence-corrected chi connectivity index (χ0v) is 11.5. The molecule has 0 amide bonds. The number of aromatic nitrogens is 2. The Morgan fingerprint density at radius 2 is 2.15 bits per heavy atom. The van der Waals surface area contributed by atoms with E-state index >= 15 is 0 Å². The highest BCUT2D eigenvalue weighted by atomic mass is 16.5. The number of H-pyrrole nitrogens is 1. The molecule has 20 heavy (non-hydrogen) atoms. The molecule has 1 heterocycles. The SMILES string of the molecule is COc1cccc(-c2cc(C(=O)O)[nH]n2)c1OC(C)C. The van der Waals surface area contributed by atoms with Crippen LogP contribution in [0.25, 0.3) is 11.3 Å². The van der Waals surface area contributed by atoms with Gasteiger partial charge in [-0.25, -0.2) is 4.79 Å². The number of nitrogens with one attached hydrogen (secondary N) is 1. The summed E-state index contributed by atoms with van der Waals surface area (Å²) in [6, 6.07) is 6.86. The van der Waals surface area contributed by atoms with Gasteiger partial charge in [-0.2, -0.15) is 5.10 Å². The Morgan fingerprint density at radius 1 is 1.40 bits per heavy atom. The van der Waals surface area contributed by atoms with Gasteiger partial charge in [0.15, 0.2) is 11.5 Å². The number of para-hydroxylation sites is 1. The summed E-state index contributed by atoms with van der Waals surface area (Å²) in [7, 11) is 1.56. The van der Waals surface area contributed by atoms with Gasteiger partial charge in [-0.3, -0.25) is 5.10 Å². The number of hydrogen-bond donors (Lipinski definition) is 2. The Labute approximate surface area is 116 Å². The van der Waals surface area contributed by atoms with Crippen LogP contribution in [-0.2, 0) is 0 Å². The third-order valence-electron chi connectivity index (χ3n) is 2.64. The zero-order chi connectivity index (χ0) is 14.7. The number of carbonyl (C=O) groups is 1. The van der Waals surface area contributed by atoms with Crippen molar-refractivity contribution in [1.82, 2.24) is 10.2 Å². The minimum absolute atomic E-state index is 0.0262. The molecule has 2 rings (SSSR count). The molecule has 106 valence electrons. The lowest BCUT2D eigenvalue weighted by atomic mass is 10.1. The fourth-order valence-electron chi connectivity index (χ4n) is 1.80. The Bertz CT molecular complexity index is 619. The molecule has 0 saturated carbocycles. The van der Waals surface area contributed by atoms with Gasteiger partial charge < -0.3 is 14.6 Å². The second kappa shape index (κ2) is 5.64. The van der Waals surface area contributed by atoms with Crippen molar-refractivity contribution >= 4 is 5.97 Å². The summed E-state index contributed by atoms with van der Waals surface area (Å²) in [5, 5.41) is 15.4.